The van der Waals surface area contributed by atoms with E-state index in [0.29, 0.717) is 5.92 Å². The predicted molar refractivity (Wildman–Crippen MR) is 110 cm³/mol. The Morgan fingerprint density at radius 3 is 2.75 bits per heavy atom. The van der Waals surface area contributed by atoms with Gasteiger partial charge in [0.05, 0.1) is 11.9 Å². The van der Waals surface area contributed by atoms with Crippen molar-refractivity contribution in [2.75, 3.05) is 19.9 Å². The van der Waals surface area contributed by atoms with E-state index in [9.17, 15) is 0 Å². The molecule has 3 heterocycles. The van der Waals surface area contributed by atoms with Crippen LogP contribution in [0.4, 0.5) is 0 Å². The van der Waals surface area contributed by atoms with Crippen LogP contribution in [0.15, 0.2) is 54.7 Å². The Hall–Kier alpha value is -2.54. The van der Waals surface area contributed by atoms with Gasteiger partial charge in [0.25, 0.3) is 0 Å². The number of aromatic nitrogens is 2. The maximum atomic E-state index is 6.45. The summed E-state index contributed by atoms with van der Waals surface area (Å²) < 4.78 is 10.9. The fraction of sp³-hybridized carbons (Fsp3) is 0.286. The summed E-state index contributed by atoms with van der Waals surface area (Å²) in [5.41, 5.74) is 11.0. The number of rotatable bonds is 4. The first kappa shape index (κ1) is 18.8. The second-order valence-electron chi connectivity index (χ2n) is 7.21. The number of aromatic amines is 1. The first-order valence-electron chi connectivity index (χ1n) is 9.23. The van der Waals surface area contributed by atoms with Crippen molar-refractivity contribution in [2.24, 2.45) is 5.73 Å². The van der Waals surface area contributed by atoms with Crippen LogP contribution in [0.3, 0.4) is 0 Å². The third kappa shape index (κ3) is 3.46. The fourth-order valence-electron chi connectivity index (χ4n) is 4.07. The van der Waals surface area contributed by atoms with Crippen LogP contribution in [0.2, 0.25) is 0 Å². The van der Waals surface area contributed by atoms with Crippen molar-refractivity contribution in [2.45, 2.75) is 18.5 Å². The molecule has 2 aromatic carbocycles. The van der Waals surface area contributed by atoms with Crippen LogP contribution in [0, 0.1) is 0 Å². The third-order valence-electron chi connectivity index (χ3n) is 5.44. The first-order valence-corrected chi connectivity index (χ1v) is 9.23. The average Bonchev–Trinajstić information content (AvgIpc) is 3.42. The highest BCUT2D eigenvalue weighted by Gasteiger charge is 2.31. The highest BCUT2D eigenvalue weighted by atomic mass is 35.5. The summed E-state index contributed by atoms with van der Waals surface area (Å²) in [6.45, 7) is 2.93. The third-order valence-corrected chi connectivity index (χ3v) is 5.44. The number of nitrogens with one attached hydrogen (secondary N) is 1. The molecule has 3 aromatic rings. The summed E-state index contributed by atoms with van der Waals surface area (Å²) in [7, 11) is 0. The van der Waals surface area contributed by atoms with E-state index in [2.05, 4.69) is 39.4 Å². The van der Waals surface area contributed by atoms with Gasteiger partial charge in [0.15, 0.2) is 11.5 Å². The lowest BCUT2D eigenvalue weighted by molar-refractivity contribution is 0.174. The van der Waals surface area contributed by atoms with E-state index in [4.69, 9.17) is 15.2 Å². The number of halogens is 1. The Kier molecular flexibility index (Phi) is 5.26. The molecule has 2 aliphatic heterocycles. The van der Waals surface area contributed by atoms with Crippen molar-refractivity contribution in [3.63, 3.8) is 0 Å². The topological polar surface area (TPSA) is 76.4 Å². The molecule has 28 heavy (non-hydrogen) atoms. The minimum Gasteiger partial charge on any atom is -0.454 e. The molecule has 146 valence electrons. The number of hydrogen-bond donors (Lipinski definition) is 2. The van der Waals surface area contributed by atoms with Gasteiger partial charge >= 0.3 is 0 Å². The Balaban J connectivity index is 0.00000192. The molecule has 1 saturated heterocycles. The molecular weight excluding hydrogens is 376 g/mol. The van der Waals surface area contributed by atoms with Gasteiger partial charge in [-0.3, -0.25) is 10.00 Å². The zero-order chi connectivity index (χ0) is 18.2. The van der Waals surface area contributed by atoms with Gasteiger partial charge in [0, 0.05) is 42.7 Å². The summed E-state index contributed by atoms with van der Waals surface area (Å²) >= 11 is 0. The number of nitrogens with two attached hydrogens (primary N) is 1. The highest BCUT2D eigenvalue weighted by molar-refractivity contribution is 5.85. The van der Waals surface area contributed by atoms with E-state index in [-0.39, 0.29) is 25.2 Å². The van der Waals surface area contributed by atoms with Crippen molar-refractivity contribution >= 4 is 12.4 Å². The molecule has 6 nitrogen and oxygen atoms in total. The molecule has 0 radical (unpaired) electrons. The lowest BCUT2D eigenvalue weighted by atomic mass is 9.95. The normalized spacial score (nSPS) is 20.9. The molecule has 2 atom stereocenters. The van der Waals surface area contributed by atoms with Gasteiger partial charge in [-0.1, -0.05) is 30.3 Å². The number of ether oxygens (including phenoxy) is 2. The van der Waals surface area contributed by atoms with Gasteiger partial charge in [0.1, 0.15) is 0 Å². The molecule has 3 N–H and O–H groups in total. The van der Waals surface area contributed by atoms with Gasteiger partial charge in [-0.05, 0) is 23.8 Å². The quantitative estimate of drug-likeness (QED) is 0.706. The smallest absolute Gasteiger partial charge is 0.231 e. The lowest BCUT2D eigenvalue weighted by Crippen LogP contribution is -2.28. The van der Waals surface area contributed by atoms with Gasteiger partial charge < -0.3 is 15.2 Å². The van der Waals surface area contributed by atoms with Crippen LogP contribution in [0.25, 0.3) is 11.3 Å². The number of benzene rings is 2. The van der Waals surface area contributed by atoms with Gasteiger partial charge in [-0.25, -0.2) is 0 Å². The fourth-order valence-corrected chi connectivity index (χ4v) is 4.07. The molecule has 0 spiro atoms. The average molecular weight is 399 g/mol. The Morgan fingerprint density at radius 2 is 1.89 bits per heavy atom. The first-order chi connectivity index (χ1) is 13.3. The minimum absolute atomic E-state index is 0. The standard InChI is InChI=1S/C21H22N4O2.ClH/c22-18-12-25(11-17(18)14-4-2-1-3-5-14)10-16-9-23-24-21(16)15-6-7-19-20(8-15)27-13-26-19;/h1-9,17-18H,10-13,22H2,(H,23,24);1H/t17-,18+;/m0./s1. The maximum absolute atomic E-state index is 6.45. The number of hydrogen-bond acceptors (Lipinski definition) is 5. The van der Waals surface area contributed by atoms with Crippen molar-refractivity contribution < 1.29 is 9.47 Å². The summed E-state index contributed by atoms with van der Waals surface area (Å²) in [6.07, 6.45) is 1.90. The van der Waals surface area contributed by atoms with Crippen LogP contribution in [0.5, 0.6) is 11.5 Å². The van der Waals surface area contributed by atoms with Gasteiger partial charge in [-0.2, -0.15) is 5.10 Å². The molecule has 1 fully saturated rings. The summed E-state index contributed by atoms with van der Waals surface area (Å²) in [4.78, 5) is 2.41. The van der Waals surface area contributed by atoms with Crippen LogP contribution in [0.1, 0.15) is 17.0 Å². The zero-order valence-electron chi connectivity index (χ0n) is 15.4. The van der Waals surface area contributed by atoms with Crippen LogP contribution >= 0.6 is 12.4 Å². The van der Waals surface area contributed by atoms with E-state index < -0.39 is 0 Å². The largest absolute Gasteiger partial charge is 0.454 e. The Labute approximate surface area is 170 Å². The molecule has 0 amide bonds. The van der Waals surface area contributed by atoms with E-state index in [1.165, 1.54) is 5.56 Å². The second kappa shape index (κ2) is 7.83. The lowest BCUT2D eigenvalue weighted by Gasteiger charge is -2.16. The van der Waals surface area contributed by atoms with Crippen LogP contribution in [-0.2, 0) is 6.54 Å². The molecule has 0 unspecified atom stereocenters. The highest BCUT2D eigenvalue weighted by Crippen LogP contribution is 2.36. The second-order valence-corrected chi connectivity index (χ2v) is 7.21. The maximum Gasteiger partial charge on any atom is 0.231 e. The van der Waals surface area contributed by atoms with Gasteiger partial charge in [-0.15, -0.1) is 12.4 Å². The number of likely N-dealkylation sites (tertiary alicyclic amines) is 1. The zero-order valence-corrected chi connectivity index (χ0v) is 16.2. The Bertz CT molecular complexity index is 947. The predicted octanol–water partition coefficient (Wildman–Crippen LogP) is 3.15. The van der Waals surface area contributed by atoms with Crippen LogP contribution < -0.4 is 15.2 Å². The molecule has 1 aromatic heterocycles. The molecule has 0 aliphatic carbocycles. The number of fused-ring (bicyclic) bond motifs is 1. The van der Waals surface area contributed by atoms with E-state index >= 15 is 0 Å². The molecule has 0 bridgehead atoms. The summed E-state index contributed by atoms with van der Waals surface area (Å²) in [6, 6.07) is 16.7. The van der Waals surface area contributed by atoms with E-state index in [1.54, 1.807) is 0 Å². The van der Waals surface area contributed by atoms with Crippen molar-refractivity contribution in [3.05, 3.63) is 65.9 Å². The van der Waals surface area contributed by atoms with E-state index in [0.717, 1.165) is 48.0 Å². The number of nitrogens with zero attached hydrogens (tertiary/aromatic N) is 2. The SMILES string of the molecule is Cl.N[C@@H]1CN(Cc2cn[nH]c2-c2ccc3c(c2)OCO3)C[C@H]1c1ccccc1. The van der Waals surface area contributed by atoms with E-state index in [1.807, 2.05) is 30.5 Å². The van der Waals surface area contributed by atoms with Crippen LogP contribution in [-0.4, -0.2) is 41.0 Å². The van der Waals surface area contributed by atoms with Crippen molar-refractivity contribution in [1.82, 2.24) is 15.1 Å². The molecule has 7 heteroatoms. The van der Waals surface area contributed by atoms with Gasteiger partial charge in [0.2, 0.25) is 6.79 Å². The molecule has 2 aliphatic rings. The molecule has 0 saturated carbocycles. The monoisotopic (exact) mass is 398 g/mol. The van der Waals surface area contributed by atoms with Crippen molar-refractivity contribution in [1.29, 1.82) is 0 Å². The molecule has 5 rings (SSSR count). The van der Waals surface area contributed by atoms with Crippen molar-refractivity contribution in [3.8, 4) is 22.8 Å². The summed E-state index contributed by atoms with van der Waals surface area (Å²) in [5, 5.41) is 7.41. The Morgan fingerprint density at radius 1 is 1.07 bits per heavy atom. The summed E-state index contributed by atoms with van der Waals surface area (Å²) in [5.74, 6) is 1.93. The molecular formula is C21H23ClN4O2. The number of H-pyrrole nitrogens is 1. The minimum atomic E-state index is 0.